The molecule has 23 heavy (non-hydrogen) atoms. The van der Waals surface area contributed by atoms with Crippen LogP contribution in [0.3, 0.4) is 0 Å². The fraction of sp³-hybridized carbons (Fsp3) is 0.0556. The summed E-state index contributed by atoms with van der Waals surface area (Å²) in [6.45, 7) is 1.86. The van der Waals surface area contributed by atoms with E-state index < -0.39 is 0 Å². The fourth-order valence-electron chi connectivity index (χ4n) is 1.96. The van der Waals surface area contributed by atoms with Gasteiger partial charge in [0.25, 0.3) is 5.91 Å². The van der Waals surface area contributed by atoms with E-state index in [9.17, 15) is 4.79 Å². The van der Waals surface area contributed by atoms with Gasteiger partial charge in [0, 0.05) is 17.3 Å². The Labute approximate surface area is 134 Å². The smallest absolute Gasteiger partial charge is 0.255 e. The van der Waals surface area contributed by atoms with Gasteiger partial charge in [-0.3, -0.25) is 4.79 Å². The van der Waals surface area contributed by atoms with E-state index >= 15 is 0 Å². The predicted octanol–water partition coefficient (Wildman–Crippen LogP) is 3.83. The van der Waals surface area contributed by atoms with E-state index in [0.717, 1.165) is 11.4 Å². The maximum atomic E-state index is 12.1. The van der Waals surface area contributed by atoms with E-state index in [1.807, 2.05) is 43.3 Å². The molecule has 0 fully saturated rings. The second kappa shape index (κ2) is 6.70. The van der Waals surface area contributed by atoms with Crippen LogP contribution in [0.5, 0.6) is 11.6 Å². The summed E-state index contributed by atoms with van der Waals surface area (Å²) in [5.41, 5.74) is 2.13. The summed E-state index contributed by atoms with van der Waals surface area (Å²) < 4.78 is 5.58. The number of carbonyl (C=O) groups excluding carboxylic acids is 1. The van der Waals surface area contributed by atoms with Crippen LogP contribution in [0.4, 0.5) is 5.69 Å². The molecule has 2 aromatic carbocycles. The minimum absolute atomic E-state index is 0.169. The molecule has 0 bridgehead atoms. The maximum Gasteiger partial charge on any atom is 0.255 e. The lowest BCUT2D eigenvalue weighted by Gasteiger charge is -2.07. The minimum atomic E-state index is -0.169. The topological polar surface area (TPSA) is 64.1 Å². The van der Waals surface area contributed by atoms with Gasteiger partial charge in [-0.05, 0) is 49.4 Å². The first kappa shape index (κ1) is 14.7. The Kier molecular flexibility index (Phi) is 4.29. The molecule has 3 aromatic rings. The number of anilines is 1. The van der Waals surface area contributed by atoms with Gasteiger partial charge in [0.05, 0.1) is 5.69 Å². The lowest BCUT2D eigenvalue weighted by Crippen LogP contribution is -2.11. The summed E-state index contributed by atoms with van der Waals surface area (Å²) in [6, 6.07) is 19.7. The highest BCUT2D eigenvalue weighted by Gasteiger charge is 2.06. The Morgan fingerprint density at radius 3 is 2.30 bits per heavy atom. The van der Waals surface area contributed by atoms with Gasteiger partial charge < -0.3 is 10.1 Å². The SMILES string of the molecule is Cc1ccc(Oc2ccc(C(=O)Nc3ccccc3)cc2)nn1. The average Bonchev–Trinajstić information content (AvgIpc) is 2.58. The number of hydrogen-bond donors (Lipinski definition) is 1. The Hall–Kier alpha value is -3.21. The molecule has 0 radical (unpaired) electrons. The molecule has 1 heterocycles. The molecule has 0 saturated heterocycles. The molecule has 1 N–H and O–H groups in total. The number of nitrogens with one attached hydrogen (secondary N) is 1. The van der Waals surface area contributed by atoms with Crippen LogP contribution in [0, 0.1) is 6.92 Å². The number of benzene rings is 2. The fourth-order valence-corrected chi connectivity index (χ4v) is 1.96. The standard InChI is InChI=1S/C18H15N3O2/c1-13-7-12-17(21-20-13)23-16-10-8-14(9-11-16)18(22)19-15-5-3-2-4-6-15/h2-12H,1H3,(H,19,22). The normalized spacial score (nSPS) is 10.1. The van der Waals surface area contributed by atoms with E-state index in [-0.39, 0.29) is 5.91 Å². The van der Waals surface area contributed by atoms with Crippen LogP contribution >= 0.6 is 0 Å². The molecule has 3 rings (SSSR count). The first-order chi connectivity index (χ1) is 11.2. The third kappa shape index (κ3) is 3.91. The molecule has 5 nitrogen and oxygen atoms in total. The molecule has 0 aliphatic carbocycles. The zero-order valence-electron chi connectivity index (χ0n) is 12.6. The Balaban J connectivity index is 1.66. The first-order valence-corrected chi connectivity index (χ1v) is 7.15. The van der Waals surface area contributed by atoms with E-state index in [1.54, 1.807) is 30.3 Å². The predicted molar refractivity (Wildman–Crippen MR) is 87.7 cm³/mol. The minimum Gasteiger partial charge on any atom is -0.438 e. The van der Waals surface area contributed by atoms with Crippen LogP contribution in [0.2, 0.25) is 0 Å². The molecule has 1 amide bonds. The molecule has 1 aromatic heterocycles. The number of aryl methyl sites for hydroxylation is 1. The van der Waals surface area contributed by atoms with Gasteiger partial charge in [0.2, 0.25) is 5.88 Å². The summed E-state index contributed by atoms with van der Waals surface area (Å²) in [5, 5.41) is 10.7. The molecule has 0 spiro atoms. The van der Waals surface area contributed by atoms with Crippen molar-refractivity contribution in [3.63, 3.8) is 0 Å². The van der Waals surface area contributed by atoms with Crippen LogP contribution in [0.15, 0.2) is 66.7 Å². The largest absolute Gasteiger partial charge is 0.438 e. The van der Waals surface area contributed by atoms with Crippen molar-refractivity contribution in [1.29, 1.82) is 0 Å². The van der Waals surface area contributed by atoms with Crippen molar-refractivity contribution in [2.75, 3.05) is 5.32 Å². The van der Waals surface area contributed by atoms with Crippen LogP contribution in [0.1, 0.15) is 16.1 Å². The number of hydrogen-bond acceptors (Lipinski definition) is 4. The summed E-state index contributed by atoms with van der Waals surface area (Å²) in [6.07, 6.45) is 0. The van der Waals surface area contributed by atoms with Crippen molar-refractivity contribution >= 4 is 11.6 Å². The summed E-state index contributed by atoms with van der Waals surface area (Å²) in [7, 11) is 0. The van der Waals surface area contributed by atoms with Crippen molar-refractivity contribution in [3.05, 3.63) is 78.0 Å². The van der Waals surface area contributed by atoms with E-state index in [1.165, 1.54) is 0 Å². The van der Waals surface area contributed by atoms with Crippen LogP contribution < -0.4 is 10.1 Å². The second-order valence-corrected chi connectivity index (χ2v) is 4.96. The van der Waals surface area contributed by atoms with Crippen LogP contribution in [-0.2, 0) is 0 Å². The molecule has 114 valence electrons. The molecule has 0 saturated carbocycles. The molecule has 5 heteroatoms. The van der Waals surface area contributed by atoms with Gasteiger partial charge in [-0.15, -0.1) is 5.10 Å². The quantitative estimate of drug-likeness (QED) is 0.795. The number of nitrogens with zero attached hydrogens (tertiary/aromatic N) is 2. The molecule has 0 unspecified atom stereocenters. The summed E-state index contributed by atoms with van der Waals surface area (Å²) in [5.74, 6) is 0.842. The lowest BCUT2D eigenvalue weighted by molar-refractivity contribution is 0.102. The number of aromatic nitrogens is 2. The van der Waals surface area contributed by atoms with E-state index in [4.69, 9.17) is 4.74 Å². The second-order valence-electron chi connectivity index (χ2n) is 4.96. The van der Waals surface area contributed by atoms with Gasteiger partial charge in [-0.1, -0.05) is 18.2 Å². The van der Waals surface area contributed by atoms with E-state index in [2.05, 4.69) is 15.5 Å². The van der Waals surface area contributed by atoms with E-state index in [0.29, 0.717) is 17.2 Å². The number of amides is 1. The average molecular weight is 305 g/mol. The highest BCUT2D eigenvalue weighted by Crippen LogP contribution is 2.19. The zero-order chi connectivity index (χ0) is 16.1. The third-order valence-corrected chi connectivity index (χ3v) is 3.14. The van der Waals surface area contributed by atoms with Crippen molar-refractivity contribution in [3.8, 4) is 11.6 Å². The molecular formula is C18H15N3O2. The Morgan fingerprint density at radius 2 is 1.65 bits per heavy atom. The van der Waals surface area contributed by atoms with Gasteiger partial charge in [-0.25, -0.2) is 0 Å². The number of para-hydroxylation sites is 1. The van der Waals surface area contributed by atoms with Crippen molar-refractivity contribution in [2.45, 2.75) is 6.92 Å². The highest BCUT2D eigenvalue weighted by atomic mass is 16.5. The van der Waals surface area contributed by atoms with Crippen molar-refractivity contribution in [2.24, 2.45) is 0 Å². The van der Waals surface area contributed by atoms with Crippen molar-refractivity contribution in [1.82, 2.24) is 10.2 Å². The Morgan fingerprint density at radius 1 is 0.913 bits per heavy atom. The number of carbonyl (C=O) groups is 1. The molecule has 0 aliphatic heterocycles. The lowest BCUT2D eigenvalue weighted by atomic mass is 10.2. The van der Waals surface area contributed by atoms with Gasteiger partial charge >= 0.3 is 0 Å². The number of rotatable bonds is 4. The molecule has 0 atom stereocenters. The van der Waals surface area contributed by atoms with Crippen LogP contribution in [0.25, 0.3) is 0 Å². The summed E-state index contributed by atoms with van der Waals surface area (Å²) >= 11 is 0. The molecule has 0 aliphatic rings. The van der Waals surface area contributed by atoms with Gasteiger partial charge in [0.1, 0.15) is 5.75 Å². The van der Waals surface area contributed by atoms with Crippen molar-refractivity contribution < 1.29 is 9.53 Å². The van der Waals surface area contributed by atoms with Gasteiger partial charge in [-0.2, -0.15) is 5.10 Å². The molecular weight excluding hydrogens is 290 g/mol. The number of ether oxygens (including phenoxy) is 1. The third-order valence-electron chi connectivity index (χ3n) is 3.14. The monoisotopic (exact) mass is 305 g/mol. The summed E-state index contributed by atoms with van der Waals surface area (Å²) in [4.78, 5) is 12.1. The Bertz CT molecular complexity index is 785. The first-order valence-electron chi connectivity index (χ1n) is 7.15. The maximum absolute atomic E-state index is 12.1. The highest BCUT2D eigenvalue weighted by molar-refractivity contribution is 6.04. The van der Waals surface area contributed by atoms with Gasteiger partial charge in [0.15, 0.2) is 0 Å². The van der Waals surface area contributed by atoms with Crippen LogP contribution in [-0.4, -0.2) is 16.1 Å². The zero-order valence-corrected chi connectivity index (χ0v) is 12.6.